The van der Waals surface area contributed by atoms with E-state index in [-0.39, 0.29) is 5.97 Å². The maximum Gasteiger partial charge on any atom is 0.305 e. The summed E-state index contributed by atoms with van der Waals surface area (Å²) >= 11 is 0. The van der Waals surface area contributed by atoms with Crippen molar-refractivity contribution >= 4 is 17.6 Å². The van der Waals surface area contributed by atoms with Crippen molar-refractivity contribution in [1.29, 1.82) is 0 Å². The Bertz CT molecular complexity index is 489. The first kappa shape index (κ1) is 18.0. The molecule has 0 spiro atoms. The maximum absolute atomic E-state index is 11.0. The van der Waals surface area contributed by atoms with E-state index in [0.717, 1.165) is 30.5 Å². The van der Waals surface area contributed by atoms with Crippen LogP contribution in [0.25, 0.3) is 0 Å². The highest BCUT2D eigenvalue weighted by atomic mass is 16.5. The number of nitrogens with one attached hydrogen (secondary N) is 1. The number of carbonyl (C=O) groups excluding carboxylic acids is 1. The van der Waals surface area contributed by atoms with Gasteiger partial charge in [-0.25, -0.2) is 0 Å². The van der Waals surface area contributed by atoms with Crippen LogP contribution in [-0.4, -0.2) is 32.7 Å². The first-order valence-corrected chi connectivity index (χ1v) is 7.38. The molecule has 0 saturated heterocycles. The molecular formula is C16H25N3O3. The van der Waals surface area contributed by atoms with Gasteiger partial charge in [0, 0.05) is 31.3 Å². The number of esters is 1. The standard InChI is InChI=1S/C16H25N3O3/c1-21-12-13-8-5-6-9-14(13)19-16(17)18-11-7-3-4-10-15(20)22-2/h5-6,8-9H,3-4,7,10-12H2,1-2H3,(H3,17,18,19). The number of guanidine groups is 1. The van der Waals surface area contributed by atoms with Crippen LogP contribution in [0, 0.1) is 0 Å². The van der Waals surface area contributed by atoms with Gasteiger partial charge in [-0.15, -0.1) is 0 Å². The van der Waals surface area contributed by atoms with E-state index in [1.165, 1.54) is 7.11 Å². The molecule has 0 atom stereocenters. The number of para-hydroxylation sites is 1. The monoisotopic (exact) mass is 307 g/mol. The molecule has 22 heavy (non-hydrogen) atoms. The minimum Gasteiger partial charge on any atom is -0.469 e. The van der Waals surface area contributed by atoms with Gasteiger partial charge in [-0.1, -0.05) is 24.6 Å². The number of hydrogen-bond donors (Lipinski definition) is 2. The van der Waals surface area contributed by atoms with Gasteiger partial charge < -0.3 is 20.5 Å². The molecule has 3 N–H and O–H groups in total. The van der Waals surface area contributed by atoms with Crippen LogP contribution >= 0.6 is 0 Å². The zero-order valence-electron chi connectivity index (χ0n) is 13.3. The van der Waals surface area contributed by atoms with Gasteiger partial charge in [0.05, 0.1) is 13.7 Å². The second-order valence-corrected chi connectivity index (χ2v) is 4.87. The third kappa shape index (κ3) is 7.08. The zero-order chi connectivity index (χ0) is 16.2. The highest BCUT2D eigenvalue weighted by molar-refractivity contribution is 5.92. The Hall–Kier alpha value is -2.08. The van der Waals surface area contributed by atoms with Crippen molar-refractivity contribution in [3.05, 3.63) is 29.8 Å². The summed E-state index contributed by atoms with van der Waals surface area (Å²) in [5.74, 6) is 0.218. The molecule has 0 fully saturated rings. The van der Waals surface area contributed by atoms with Gasteiger partial charge in [0.25, 0.3) is 0 Å². The van der Waals surface area contributed by atoms with Crippen molar-refractivity contribution in [3.8, 4) is 0 Å². The number of carbonyl (C=O) groups is 1. The third-order valence-electron chi connectivity index (χ3n) is 3.13. The smallest absolute Gasteiger partial charge is 0.305 e. The van der Waals surface area contributed by atoms with Crippen LogP contribution in [0.2, 0.25) is 0 Å². The summed E-state index contributed by atoms with van der Waals surface area (Å²) in [4.78, 5) is 15.2. The number of rotatable bonds is 9. The van der Waals surface area contributed by atoms with Gasteiger partial charge in [0.2, 0.25) is 0 Å². The number of unbranched alkanes of at least 4 members (excludes halogenated alkanes) is 2. The predicted octanol–water partition coefficient (Wildman–Crippen LogP) is 2.29. The van der Waals surface area contributed by atoms with E-state index in [4.69, 9.17) is 10.5 Å². The summed E-state index contributed by atoms with van der Waals surface area (Å²) in [5, 5.41) is 3.09. The minimum absolute atomic E-state index is 0.167. The molecule has 0 heterocycles. The lowest BCUT2D eigenvalue weighted by atomic mass is 10.2. The molecule has 1 aromatic carbocycles. The fourth-order valence-electron chi connectivity index (χ4n) is 1.96. The van der Waals surface area contributed by atoms with E-state index in [1.54, 1.807) is 7.11 Å². The molecular weight excluding hydrogens is 282 g/mol. The summed E-state index contributed by atoms with van der Waals surface area (Å²) < 4.78 is 9.73. The molecule has 0 saturated carbocycles. The Balaban J connectivity index is 2.32. The van der Waals surface area contributed by atoms with Gasteiger partial charge in [-0.05, 0) is 18.9 Å². The molecule has 6 nitrogen and oxygen atoms in total. The molecule has 0 radical (unpaired) electrons. The number of hydrogen-bond acceptors (Lipinski definition) is 4. The number of benzene rings is 1. The second-order valence-electron chi connectivity index (χ2n) is 4.87. The van der Waals surface area contributed by atoms with Crippen LogP contribution in [0.3, 0.4) is 0 Å². The van der Waals surface area contributed by atoms with E-state index in [0.29, 0.717) is 25.5 Å². The summed E-state index contributed by atoms with van der Waals surface area (Å²) in [7, 11) is 3.06. The molecule has 0 unspecified atom stereocenters. The molecule has 0 amide bonds. The molecule has 1 aromatic rings. The summed E-state index contributed by atoms with van der Waals surface area (Å²) in [6.07, 6.45) is 3.08. The lowest BCUT2D eigenvalue weighted by molar-refractivity contribution is -0.140. The Morgan fingerprint density at radius 3 is 2.73 bits per heavy atom. The fourth-order valence-corrected chi connectivity index (χ4v) is 1.96. The average Bonchev–Trinajstić information content (AvgIpc) is 2.52. The number of aliphatic imine (C=N–C) groups is 1. The van der Waals surface area contributed by atoms with Crippen LogP contribution in [0.4, 0.5) is 5.69 Å². The number of nitrogens with two attached hydrogens (primary N) is 1. The molecule has 6 heteroatoms. The van der Waals surface area contributed by atoms with Crippen molar-refractivity contribution in [3.63, 3.8) is 0 Å². The number of nitrogens with zero attached hydrogens (tertiary/aromatic N) is 1. The first-order chi connectivity index (χ1) is 10.7. The normalized spacial score (nSPS) is 11.3. The summed E-state index contributed by atoms with van der Waals surface area (Å²) in [6.45, 7) is 1.15. The summed E-state index contributed by atoms with van der Waals surface area (Å²) in [6, 6.07) is 7.80. The number of ether oxygens (including phenoxy) is 2. The van der Waals surface area contributed by atoms with Crippen LogP contribution in [0.1, 0.15) is 31.2 Å². The molecule has 0 aliphatic rings. The first-order valence-electron chi connectivity index (χ1n) is 7.38. The van der Waals surface area contributed by atoms with Crippen molar-refractivity contribution < 1.29 is 14.3 Å². The van der Waals surface area contributed by atoms with Crippen molar-refractivity contribution in [2.75, 3.05) is 26.1 Å². The van der Waals surface area contributed by atoms with E-state index in [2.05, 4.69) is 15.0 Å². The lowest BCUT2D eigenvalue weighted by Crippen LogP contribution is -2.23. The van der Waals surface area contributed by atoms with E-state index in [1.807, 2.05) is 24.3 Å². The van der Waals surface area contributed by atoms with Gasteiger partial charge in [-0.3, -0.25) is 9.79 Å². The molecule has 0 bridgehead atoms. The fraction of sp³-hybridized carbons (Fsp3) is 0.500. The van der Waals surface area contributed by atoms with Gasteiger partial charge >= 0.3 is 5.97 Å². The largest absolute Gasteiger partial charge is 0.469 e. The Kier molecular flexibility index (Phi) is 8.67. The van der Waals surface area contributed by atoms with Gasteiger partial charge in [0.1, 0.15) is 0 Å². The summed E-state index contributed by atoms with van der Waals surface area (Å²) in [5.41, 5.74) is 7.81. The van der Waals surface area contributed by atoms with Crippen molar-refractivity contribution in [2.45, 2.75) is 32.3 Å². The van der Waals surface area contributed by atoms with Crippen LogP contribution in [-0.2, 0) is 20.9 Å². The Morgan fingerprint density at radius 1 is 1.23 bits per heavy atom. The predicted molar refractivity (Wildman–Crippen MR) is 87.8 cm³/mol. The quantitative estimate of drug-likeness (QED) is 0.316. The number of methoxy groups -OCH3 is 2. The number of anilines is 1. The Labute approximate surface area is 131 Å². The molecule has 0 aromatic heterocycles. The lowest BCUT2D eigenvalue weighted by Gasteiger charge is -2.10. The van der Waals surface area contributed by atoms with Crippen molar-refractivity contribution in [2.24, 2.45) is 10.7 Å². The highest BCUT2D eigenvalue weighted by Gasteiger charge is 2.02. The molecule has 1 rings (SSSR count). The average molecular weight is 307 g/mol. The zero-order valence-corrected chi connectivity index (χ0v) is 13.3. The highest BCUT2D eigenvalue weighted by Crippen LogP contribution is 2.15. The SMILES string of the molecule is COCc1ccccc1NC(N)=NCCCCCC(=O)OC. The van der Waals surface area contributed by atoms with Gasteiger partial charge in [0.15, 0.2) is 5.96 Å². The second kappa shape index (κ2) is 10.6. The minimum atomic E-state index is -0.167. The maximum atomic E-state index is 11.0. The van der Waals surface area contributed by atoms with Crippen molar-refractivity contribution in [1.82, 2.24) is 0 Å². The topological polar surface area (TPSA) is 85.9 Å². The van der Waals surface area contributed by atoms with E-state index in [9.17, 15) is 4.79 Å². The third-order valence-corrected chi connectivity index (χ3v) is 3.13. The Morgan fingerprint density at radius 2 is 2.00 bits per heavy atom. The van der Waals surface area contributed by atoms with Crippen LogP contribution < -0.4 is 11.1 Å². The molecule has 0 aliphatic carbocycles. The molecule has 0 aliphatic heterocycles. The van der Waals surface area contributed by atoms with Crippen LogP contribution in [0.5, 0.6) is 0 Å². The van der Waals surface area contributed by atoms with E-state index < -0.39 is 0 Å². The molecule has 122 valence electrons. The van der Waals surface area contributed by atoms with Gasteiger partial charge in [-0.2, -0.15) is 0 Å². The van der Waals surface area contributed by atoms with E-state index >= 15 is 0 Å². The van der Waals surface area contributed by atoms with Crippen LogP contribution in [0.15, 0.2) is 29.3 Å².